The van der Waals surface area contributed by atoms with E-state index in [9.17, 15) is 0 Å². The Balaban J connectivity index is 1.84. The van der Waals surface area contributed by atoms with Crippen molar-refractivity contribution in [1.82, 2.24) is 9.78 Å². The average molecular weight is 243 g/mol. The molecule has 0 bridgehead atoms. The van der Waals surface area contributed by atoms with Crippen molar-refractivity contribution in [2.75, 3.05) is 12.8 Å². The standard InChI is InChI=1S/C14H17N3O/c1-18-12-7-10(8-12)13-9-14(15)17(16-13)11-5-3-2-4-6-11/h2-6,9-10,12H,7-8,15H2,1H3/t10-,12+. The van der Waals surface area contributed by atoms with Crippen LogP contribution in [0.1, 0.15) is 24.5 Å². The Morgan fingerprint density at radius 1 is 1.28 bits per heavy atom. The van der Waals surface area contributed by atoms with Gasteiger partial charge in [-0.25, -0.2) is 4.68 Å². The van der Waals surface area contributed by atoms with E-state index < -0.39 is 0 Å². The molecule has 1 fully saturated rings. The van der Waals surface area contributed by atoms with Crippen molar-refractivity contribution >= 4 is 5.82 Å². The number of rotatable bonds is 3. The molecule has 1 saturated carbocycles. The average Bonchev–Trinajstić information content (AvgIpc) is 2.71. The molecular formula is C14H17N3O. The SMILES string of the molecule is CO[C@H]1C[C@@H](c2cc(N)n(-c3ccccc3)n2)C1. The first-order chi connectivity index (χ1) is 8.78. The molecule has 4 nitrogen and oxygen atoms in total. The smallest absolute Gasteiger partial charge is 0.127 e. The Labute approximate surface area is 106 Å². The first kappa shape index (κ1) is 11.3. The van der Waals surface area contributed by atoms with E-state index in [1.165, 1.54) is 0 Å². The summed E-state index contributed by atoms with van der Waals surface area (Å²) < 4.78 is 7.09. The predicted octanol–water partition coefficient (Wildman–Crippen LogP) is 2.35. The van der Waals surface area contributed by atoms with E-state index >= 15 is 0 Å². The molecular weight excluding hydrogens is 226 g/mol. The molecule has 18 heavy (non-hydrogen) atoms. The highest BCUT2D eigenvalue weighted by molar-refractivity contribution is 5.43. The van der Waals surface area contributed by atoms with Gasteiger partial charge in [-0.3, -0.25) is 0 Å². The van der Waals surface area contributed by atoms with Gasteiger partial charge in [0, 0.05) is 19.1 Å². The highest BCUT2D eigenvalue weighted by Crippen LogP contribution is 2.38. The van der Waals surface area contributed by atoms with Crippen molar-refractivity contribution in [2.45, 2.75) is 24.9 Å². The van der Waals surface area contributed by atoms with Crippen molar-refractivity contribution in [3.05, 3.63) is 42.1 Å². The number of nitrogens with zero attached hydrogens (tertiary/aromatic N) is 2. The van der Waals surface area contributed by atoms with Gasteiger partial charge in [0.15, 0.2) is 0 Å². The third-order valence-corrected chi connectivity index (χ3v) is 3.60. The van der Waals surface area contributed by atoms with Crippen molar-refractivity contribution < 1.29 is 4.74 Å². The molecule has 2 aromatic rings. The van der Waals surface area contributed by atoms with Gasteiger partial charge in [-0.15, -0.1) is 0 Å². The van der Waals surface area contributed by atoms with E-state index in [0.29, 0.717) is 17.8 Å². The lowest BCUT2D eigenvalue weighted by Gasteiger charge is -2.32. The van der Waals surface area contributed by atoms with Crippen LogP contribution in [0.15, 0.2) is 36.4 Å². The second-order valence-electron chi connectivity index (χ2n) is 4.77. The summed E-state index contributed by atoms with van der Waals surface area (Å²) in [6.45, 7) is 0. The largest absolute Gasteiger partial charge is 0.384 e. The second kappa shape index (κ2) is 4.46. The molecule has 1 aromatic carbocycles. The van der Waals surface area contributed by atoms with Crippen LogP contribution < -0.4 is 5.73 Å². The fraction of sp³-hybridized carbons (Fsp3) is 0.357. The topological polar surface area (TPSA) is 53.1 Å². The van der Waals surface area contributed by atoms with Crippen LogP contribution in [0.25, 0.3) is 5.69 Å². The molecule has 0 radical (unpaired) electrons. The van der Waals surface area contributed by atoms with Gasteiger partial charge < -0.3 is 10.5 Å². The van der Waals surface area contributed by atoms with E-state index in [1.54, 1.807) is 11.8 Å². The molecule has 0 unspecified atom stereocenters. The number of ether oxygens (including phenoxy) is 1. The van der Waals surface area contributed by atoms with Crippen LogP contribution in [-0.2, 0) is 4.74 Å². The normalized spacial score (nSPS) is 22.7. The summed E-state index contributed by atoms with van der Waals surface area (Å²) in [4.78, 5) is 0. The fourth-order valence-corrected chi connectivity index (χ4v) is 2.39. The summed E-state index contributed by atoms with van der Waals surface area (Å²) in [7, 11) is 1.76. The van der Waals surface area contributed by atoms with E-state index in [4.69, 9.17) is 10.5 Å². The number of benzene rings is 1. The molecule has 3 rings (SSSR count). The first-order valence-corrected chi connectivity index (χ1v) is 6.21. The molecule has 1 aliphatic carbocycles. The maximum absolute atomic E-state index is 6.03. The van der Waals surface area contributed by atoms with E-state index in [1.807, 2.05) is 36.4 Å². The van der Waals surface area contributed by atoms with Gasteiger partial charge in [-0.2, -0.15) is 5.10 Å². The summed E-state index contributed by atoms with van der Waals surface area (Å²) in [5.41, 5.74) is 8.10. The van der Waals surface area contributed by atoms with Crippen LogP contribution in [0.3, 0.4) is 0 Å². The monoisotopic (exact) mass is 243 g/mol. The molecule has 0 amide bonds. The molecule has 4 heteroatoms. The highest BCUT2D eigenvalue weighted by Gasteiger charge is 2.32. The molecule has 0 aliphatic heterocycles. The van der Waals surface area contributed by atoms with Crippen molar-refractivity contribution in [2.24, 2.45) is 0 Å². The maximum atomic E-state index is 6.03. The molecule has 94 valence electrons. The van der Waals surface area contributed by atoms with Gasteiger partial charge in [0.05, 0.1) is 17.5 Å². The molecule has 1 aromatic heterocycles. The number of methoxy groups -OCH3 is 1. The lowest BCUT2D eigenvalue weighted by Crippen LogP contribution is -2.28. The Hall–Kier alpha value is -1.81. The number of hydrogen-bond donors (Lipinski definition) is 1. The Morgan fingerprint density at radius 2 is 2.00 bits per heavy atom. The predicted molar refractivity (Wildman–Crippen MR) is 70.7 cm³/mol. The number of anilines is 1. The van der Waals surface area contributed by atoms with Crippen molar-refractivity contribution in [3.8, 4) is 5.69 Å². The Bertz CT molecular complexity index is 529. The molecule has 0 saturated heterocycles. The van der Waals surface area contributed by atoms with Crippen LogP contribution in [0.4, 0.5) is 5.82 Å². The van der Waals surface area contributed by atoms with Crippen LogP contribution in [0.5, 0.6) is 0 Å². The van der Waals surface area contributed by atoms with E-state index in [2.05, 4.69) is 5.10 Å². The summed E-state index contributed by atoms with van der Waals surface area (Å²) >= 11 is 0. The fourth-order valence-electron chi connectivity index (χ4n) is 2.39. The van der Waals surface area contributed by atoms with Crippen molar-refractivity contribution in [3.63, 3.8) is 0 Å². The summed E-state index contributed by atoms with van der Waals surface area (Å²) in [5, 5.41) is 4.61. The zero-order chi connectivity index (χ0) is 12.5. The van der Waals surface area contributed by atoms with Crippen LogP contribution in [0, 0.1) is 0 Å². The zero-order valence-electron chi connectivity index (χ0n) is 10.4. The summed E-state index contributed by atoms with van der Waals surface area (Å²) in [5.74, 6) is 1.18. The summed E-state index contributed by atoms with van der Waals surface area (Å²) in [6, 6.07) is 11.9. The van der Waals surface area contributed by atoms with Gasteiger partial charge in [0.2, 0.25) is 0 Å². The molecule has 0 atom stereocenters. The number of nitrogens with two attached hydrogens (primary N) is 1. The molecule has 2 N–H and O–H groups in total. The van der Waals surface area contributed by atoms with Crippen LogP contribution in [-0.4, -0.2) is 23.0 Å². The van der Waals surface area contributed by atoms with Crippen LogP contribution >= 0.6 is 0 Å². The minimum atomic E-state index is 0.387. The van der Waals surface area contributed by atoms with Gasteiger partial charge in [-0.1, -0.05) is 18.2 Å². The first-order valence-electron chi connectivity index (χ1n) is 6.21. The number of para-hydroxylation sites is 1. The number of aromatic nitrogens is 2. The molecule has 1 heterocycles. The highest BCUT2D eigenvalue weighted by atomic mass is 16.5. The third kappa shape index (κ3) is 1.88. The molecule has 1 aliphatic rings. The van der Waals surface area contributed by atoms with Gasteiger partial charge in [-0.05, 0) is 25.0 Å². The van der Waals surface area contributed by atoms with E-state index in [-0.39, 0.29) is 0 Å². The van der Waals surface area contributed by atoms with Gasteiger partial charge in [0.25, 0.3) is 0 Å². The Kier molecular flexibility index (Phi) is 2.80. The van der Waals surface area contributed by atoms with Crippen molar-refractivity contribution in [1.29, 1.82) is 0 Å². The van der Waals surface area contributed by atoms with Gasteiger partial charge in [0.1, 0.15) is 5.82 Å². The molecule has 0 spiro atoms. The summed E-state index contributed by atoms with van der Waals surface area (Å²) in [6.07, 6.45) is 2.47. The van der Waals surface area contributed by atoms with E-state index in [0.717, 1.165) is 24.2 Å². The number of nitrogen functional groups attached to an aromatic ring is 1. The zero-order valence-corrected chi connectivity index (χ0v) is 10.4. The minimum Gasteiger partial charge on any atom is -0.384 e. The van der Waals surface area contributed by atoms with Crippen LogP contribution in [0.2, 0.25) is 0 Å². The quantitative estimate of drug-likeness (QED) is 0.900. The second-order valence-corrected chi connectivity index (χ2v) is 4.77. The maximum Gasteiger partial charge on any atom is 0.127 e. The number of hydrogen-bond acceptors (Lipinski definition) is 3. The lowest BCUT2D eigenvalue weighted by molar-refractivity contribution is 0.0247. The Morgan fingerprint density at radius 3 is 2.67 bits per heavy atom. The lowest BCUT2D eigenvalue weighted by atomic mass is 9.80. The van der Waals surface area contributed by atoms with Gasteiger partial charge >= 0.3 is 0 Å². The third-order valence-electron chi connectivity index (χ3n) is 3.60. The minimum absolute atomic E-state index is 0.387.